The summed E-state index contributed by atoms with van der Waals surface area (Å²) in [4.78, 5) is 15.1. The molecule has 4 nitrogen and oxygen atoms in total. The molecular formula is C20H16ClN3OS. The molecular weight excluding hydrogens is 366 g/mol. The molecule has 0 bridgehead atoms. The highest BCUT2D eigenvalue weighted by Gasteiger charge is 2.20. The number of hydrogen-bond donors (Lipinski definition) is 0. The maximum atomic E-state index is 12.8. The van der Waals surface area contributed by atoms with Crippen molar-refractivity contribution in [1.82, 2.24) is 14.7 Å². The van der Waals surface area contributed by atoms with Crippen LogP contribution in [0.25, 0.3) is 15.8 Å². The van der Waals surface area contributed by atoms with Crippen LogP contribution in [0.5, 0.6) is 0 Å². The molecule has 0 fully saturated rings. The van der Waals surface area contributed by atoms with E-state index in [1.54, 1.807) is 22.8 Å². The molecule has 0 saturated heterocycles. The number of fused-ring (bicyclic) bond motifs is 1. The number of thiophene rings is 1. The highest BCUT2D eigenvalue weighted by Crippen LogP contribution is 2.35. The molecule has 0 atom stereocenters. The lowest BCUT2D eigenvalue weighted by molar-refractivity contribution is 0.0790. The largest absolute Gasteiger partial charge is 0.337 e. The molecule has 2 aromatic carbocycles. The van der Waals surface area contributed by atoms with Gasteiger partial charge in [-0.1, -0.05) is 48.0 Å². The molecule has 0 spiro atoms. The summed E-state index contributed by atoms with van der Waals surface area (Å²) in [7, 11) is 1.78. The van der Waals surface area contributed by atoms with Crippen molar-refractivity contribution in [3.63, 3.8) is 0 Å². The summed E-state index contributed by atoms with van der Waals surface area (Å²) >= 11 is 7.86. The fraction of sp³-hybridized carbons (Fsp3) is 0.100. The van der Waals surface area contributed by atoms with E-state index in [1.165, 1.54) is 11.3 Å². The van der Waals surface area contributed by atoms with E-state index < -0.39 is 0 Å². The summed E-state index contributed by atoms with van der Waals surface area (Å²) in [6, 6.07) is 17.7. The van der Waals surface area contributed by atoms with E-state index in [-0.39, 0.29) is 5.91 Å². The predicted molar refractivity (Wildman–Crippen MR) is 106 cm³/mol. The second-order valence-corrected chi connectivity index (χ2v) is 7.46. The van der Waals surface area contributed by atoms with Gasteiger partial charge in [0.05, 0.1) is 16.9 Å². The first kappa shape index (κ1) is 16.8. The Labute approximate surface area is 160 Å². The van der Waals surface area contributed by atoms with Crippen LogP contribution >= 0.6 is 22.9 Å². The van der Waals surface area contributed by atoms with Crippen molar-refractivity contribution < 1.29 is 4.79 Å². The van der Waals surface area contributed by atoms with E-state index >= 15 is 0 Å². The van der Waals surface area contributed by atoms with Crippen molar-refractivity contribution in [2.24, 2.45) is 0 Å². The van der Waals surface area contributed by atoms with Gasteiger partial charge in [0.25, 0.3) is 5.91 Å². The fourth-order valence-electron chi connectivity index (χ4n) is 2.83. The molecule has 0 N–H and O–H groups in total. The van der Waals surface area contributed by atoms with Crippen molar-refractivity contribution in [2.75, 3.05) is 7.05 Å². The number of carbonyl (C=O) groups is 1. The first-order valence-corrected chi connectivity index (χ1v) is 9.34. The molecule has 6 heteroatoms. The molecule has 0 aliphatic heterocycles. The molecule has 0 aliphatic carbocycles. The van der Waals surface area contributed by atoms with Crippen molar-refractivity contribution in [1.29, 1.82) is 0 Å². The molecule has 2 aromatic heterocycles. The number of nitrogens with zero attached hydrogens (tertiary/aromatic N) is 3. The summed E-state index contributed by atoms with van der Waals surface area (Å²) in [5, 5.41) is 5.83. The summed E-state index contributed by atoms with van der Waals surface area (Å²) in [6.07, 6.45) is 3.72. The molecule has 0 aliphatic rings. The van der Waals surface area contributed by atoms with Gasteiger partial charge in [-0.25, -0.2) is 4.68 Å². The molecule has 2 heterocycles. The smallest absolute Gasteiger partial charge is 0.265 e. The van der Waals surface area contributed by atoms with Crippen LogP contribution in [0.2, 0.25) is 5.02 Å². The normalized spacial score (nSPS) is 11.0. The predicted octanol–water partition coefficient (Wildman–Crippen LogP) is 5.01. The molecule has 0 radical (unpaired) electrons. The Morgan fingerprint density at radius 3 is 2.65 bits per heavy atom. The molecule has 1 amide bonds. The van der Waals surface area contributed by atoms with E-state index in [0.717, 1.165) is 21.3 Å². The average Bonchev–Trinajstić information content (AvgIpc) is 3.27. The third kappa shape index (κ3) is 3.11. The SMILES string of the molecule is CN(Cc1cnn(-c2ccccc2)c1)C(=O)c1sc2ccccc2c1Cl. The minimum Gasteiger partial charge on any atom is -0.337 e. The zero-order valence-corrected chi connectivity index (χ0v) is 15.7. The fourth-order valence-corrected chi connectivity index (χ4v) is 4.34. The zero-order chi connectivity index (χ0) is 18.1. The highest BCUT2D eigenvalue weighted by molar-refractivity contribution is 7.21. The van der Waals surface area contributed by atoms with Crippen molar-refractivity contribution >= 4 is 38.9 Å². The highest BCUT2D eigenvalue weighted by atomic mass is 35.5. The monoisotopic (exact) mass is 381 g/mol. The van der Waals surface area contributed by atoms with Gasteiger partial charge in [-0.3, -0.25) is 4.79 Å². The number of carbonyl (C=O) groups excluding carboxylic acids is 1. The van der Waals surface area contributed by atoms with Gasteiger partial charge in [-0.15, -0.1) is 11.3 Å². The van der Waals surface area contributed by atoms with Gasteiger partial charge < -0.3 is 4.90 Å². The van der Waals surface area contributed by atoms with Crippen molar-refractivity contribution in [3.8, 4) is 5.69 Å². The van der Waals surface area contributed by atoms with Gasteiger partial charge in [0.2, 0.25) is 0 Å². The van der Waals surface area contributed by atoms with Crippen LogP contribution in [0.1, 0.15) is 15.2 Å². The minimum absolute atomic E-state index is 0.0799. The number of rotatable bonds is 4. The second-order valence-electron chi connectivity index (χ2n) is 6.03. The number of para-hydroxylation sites is 1. The average molecular weight is 382 g/mol. The summed E-state index contributed by atoms with van der Waals surface area (Å²) in [6.45, 7) is 0.468. The third-order valence-corrected chi connectivity index (χ3v) is 5.82. The Bertz CT molecular complexity index is 1070. The van der Waals surface area contributed by atoms with Gasteiger partial charge >= 0.3 is 0 Å². The maximum Gasteiger partial charge on any atom is 0.265 e. The summed E-state index contributed by atoms with van der Waals surface area (Å²) in [5.41, 5.74) is 1.95. The van der Waals surface area contributed by atoms with E-state index in [2.05, 4.69) is 5.10 Å². The van der Waals surface area contributed by atoms with Crippen molar-refractivity contribution in [2.45, 2.75) is 6.54 Å². The van der Waals surface area contributed by atoms with Gasteiger partial charge in [0, 0.05) is 35.4 Å². The second kappa shape index (κ2) is 6.94. The van der Waals surface area contributed by atoms with E-state index in [0.29, 0.717) is 16.4 Å². The van der Waals surface area contributed by atoms with Gasteiger partial charge in [-0.05, 0) is 18.2 Å². The maximum absolute atomic E-state index is 12.8. The van der Waals surface area contributed by atoms with E-state index in [4.69, 9.17) is 11.6 Å². The number of benzene rings is 2. The Kier molecular flexibility index (Phi) is 4.49. The van der Waals surface area contributed by atoms with Crippen LogP contribution in [0, 0.1) is 0 Å². The number of hydrogen-bond acceptors (Lipinski definition) is 3. The zero-order valence-electron chi connectivity index (χ0n) is 14.1. The summed E-state index contributed by atoms with van der Waals surface area (Å²) < 4.78 is 2.83. The third-order valence-electron chi connectivity index (χ3n) is 4.15. The van der Waals surface area contributed by atoms with Gasteiger partial charge in [0.1, 0.15) is 4.88 Å². The number of aromatic nitrogens is 2. The standard InChI is InChI=1S/C20H16ClN3OS/c1-23(12-14-11-22-24(13-14)15-7-3-2-4-8-15)20(25)19-18(21)16-9-5-6-10-17(16)26-19/h2-11,13H,12H2,1H3. The van der Waals surface area contributed by atoms with E-state index in [1.807, 2.05) is 60.8 Å². The molecule has 0 unspecified atom stereocenters. The Hall–Kier alpha value is -2.63. The van der Waals surface area contributed by atoms with Gasteiger partial charge in [-0.2, -0.15) is 5.10 Å². The first-order valence-electron chi connectivity index (χ1n) is 8.15. The van der Waals surface area contributed by atoms with Crippen molar-refractivity contribution in [3.05, 3.63) is 82.5 Å². The number of amides is 1. The lowest BCUT2D eigenvalue weighted by Gasteiger charge is -2.15. The molecule has 4 aromatic rings. The quantitative estimate of drug-likeness (QED) is 0.498. The molecule has 0 saturated carbocycles. The van der Waals surface area contributed by atoms with Crippen LogP contribution in [0.4, 0.5) is 0 Å². The van der Waals surface area contributed by atoms with E-state index in [9.17, 15) is 4.79 Å². The summed E-state index contributed by atoms with van der Waals surface area (Å²) in [5.74, 6) is -0.0799. The van der Waals surface area contributed by atoms with Crippen LogP contribution in [-0.4, -0.2) is 27.6 Å². The van der Waals surface area contributed by atoms with Gasteiger partial charge in [0.15, 0.2) is 0 Å². The lowest BCUT2D eigenvalue weighted by atomic mass is 10.2. The Morgan fingerprint density at radius 2 is 1.88 bits per heavy atom. The molecule has 4 rings (SSSR count). The van der Waals surface area contributed by atoms with Crippen LogP contribution in [0.3, 0.4) is 0 Å². The first-order chi connectivity index (χ1) is 12.6. The van der Waals surface area contributed by atoms with Crippen LogP contribution < -0.4 is 0 Å². The lowest BCUT2D eigenvalue weighted by Crippen LogP contribution is -2.25. The van der Waals surface area contributed by atoms with Crippen LogP contribution in [-0.2, 0) is 6.54 Å². The Balaban J connectivity index is 1.54. The Morgan fingerprint density at radius 1 is 1.15 bits per heavy atom. The molecule has 130 valence electrons. The van der Waals surface area contributed by atoms with Crippen LogP contribution in [0.15, 0.2) is 67.0 Å². The molecule has 26 heavy (non-hydrogen) atoms. The number of halogens is 1. The minimum atomic E-state index is -0.0799. The topological polar surface area (TPSA) is 38.1 Å².